The third-order valence-electron chi connectivity index (χ3n) is 4.69. The van der Waals surface area contributed by atoms with E-state index in [1.54, 1.807) is 6.92 Å². The Morgan fingerprint density at radius 2 is 1.95 bits per heavy atom. The molecule has 5 nitrogen and oxygen atoms in total. The zero-order chi connectivity index (χ0) is 16.3. The third kappa shape index (κ3) is 4.38. The van der Waals surface area contributed by atoms with Crippen LogP contribution in [0.4, 0.5) is 8.78 Å². The van der Waals surface area contributed by atoms with Crippen LogP contribution in [0.5, 0.6) is 0 Å². The maximum atomic E-state index is 13.2. The molecule has 126 valence electrons. The second kappa shape index (κ2) is 6.89. The van der Waals surface area contributed by atoms with Gasteiger partial charge in [0.1, 0.15) is 0 Å². The van der Waals surface area contributed by atoms with Crippen molar-refractivity contribution in [3.05, 3.63) is 0 Å². The van der Waals surface area contributed by atoms with Crippen LogP contribution >= 0.6 is 0 Å². The molecule has 0 saturated heterocycles. The Labute approximate surface area is 129 Å². The van der Waals surface area contributed by atoms with Gasteiger partial charge in [0.2, 0.25) is 12.3 Å². The van der Waals surface area contributed by atoms with E-state index in [1.807, 2.05) is 0 Å². The molecule has 2 aliphatic rings. The fourth-order valence-corrected chi connectivity index (χ4v) is 2.89. The molecule has 2 fully saturated rings. The van der Waals surface area contributed by atoms with Crippen LogP contribution in [-0.2, 0) is 9.59 Å². The van der Waals surface area contributed by atoms with E-state index >= 15 is 0 Å². The highest BCUT2D eigenvalue weighted by atomic mass is 19.3. The average Bonchev–Trinajstić information content (AvgIpc) is 3.30. The smallest absolute Gasteiger partial charge is 0.250 e. The van der Waals surface area contributed by atoms with Gasteiger partial charge in [-0.2, -0.15) is 0 Å². The largest absolute Gasteiger partial charge is 0.381 e. The number of rotatable bonds is 7. The Bertz CT molecular complexity index is 406. The quantitative estimate of drug-likeness (QED) is 0.695. The number of hydrogen-bond acceptors (Lipinski definition) is 3. The normalized spacial score (nSPS) is 24.4. The van der Waals surface area contributed by atoms with Crippen molar-refractivity contribution in [2.75, 3.05) is 6.54 Å². The number of halogens is 2. The number of alkyl halides is 2. The Morgan fingerprint density at radius 1 is 1.36 bits per heavy atom. The van der Waals surface area contributed by atoms with E-state index in [-0.39, 0.29) is 31.7 Å². The van der Waals surface area contributed by atoms with Crippen LogP contribution in [0.3, 0.4) is 0 Å². The van der Waals surface area contributed by atoms with Gasteiger partial charge in [0.15, 0.2) is 6.10 Å². The summed E-state index contributed by atoms with van der Waals surface area (Å²) in [6.45, 7) is 2.11. The van der Waals surface area contributed by atoms with Crippen molar-refractivity contribution in [2.45, 2.75) is 69.6 Å². The van der Waals surface area contributed by atoms with Crippen molar-refractivity contribution in [3.8, 4) is 0 Å². The highest BCUT2D eigenvalue weighted by Gasteiger charge is 2.39. The lowest BCUT2D eigenvalue weighted by Crippen LogP contribution is -2.53. The van der Waals surface area contributed by atoms with Crippen LogP contribution in [-0.4, -0.2) is 53.0 Å². The summed E-state index contributed by atoms with van der Waals surface area (Å²) in [7, 11) is 0. The highest BCUT2D eigenvalue weighted by molar-refractivity contribution is 5.81. The van der Waals surface area contributed by atoms with Gasteiger partial charge in [-0.1, -0.05) is 0 Å². The number of aliphatic hydroxyl groups is 1. The molecule has 0 aliphatic heterocycles. The second-order valence-corrected chi connectivity index (χ2v) is 6.51. The Kier molecular flexibility index (Phi) is 5.36. The molecule has 0 radical (unpaired) electrons. The summed E-state index contributed by atoms with van der Waals surface area (Å²) in [5, 5.41) is 12.8. The first kappa shape index (κ1) is 17.1. The minimum absolute atomic E-state index is 0.187. The summed E-state index contributed by atoms with van der Waals surface area (Å²) in [6, 6.07) is -1.08. The highest BCUT2D eigenvalue weighted by Crippen LogP contribution is 2.35. The first-order valence-electron chi connectivity index (χ1n) is 7.90. The summed E-state index contributed by atoms with van der Waals surface area (Å²) < 4.78 is 26.4. The van der Waals surface area contributed by atoms with E-state index in [4.69, 9.17) is 0 Å². The molecule has 2 unspecified atom stereocenters. The lowest BCUT2D eigenvalue weighted by molar-refractivity contribution is -0.139. The number of amides is 2. The van der Waals surface area contributed by atoms with Gasteiger partial charge in [0, 0.05) is 25.4 Å². The van der Waals surface area contributed by atoms with Gasteiger partial charge in [-0.3, -0.25) is 9.59 Å². The second-order valence-electron chi connectivity index (χ2n) is 6.51. The monoisotopic (exact) mass is 318 g/mol. The fourth-order valence-electron chi connectivity index (χ4n) is 2.89. The van der Waals surface area contributed by atoms with Gasteiger partial charge < -0.3 is 15.3 Å². The molecule has 0 heterocycles. The number of nitrogens with one attached hydrogen (secondary N) is 1. The third-order valence-corrected chi connectivity index (χ3v) is 4.69. The van der Waals surface area contributed by atoms with Gasteiger partial charge in [-0.15, -0.1) is 0 Å². The van der Waals surface area contributed by atoms with Crippen molar-refractivity contribution in [1.29, 1.82) is 0 Å². The zero-order valence-corrected chi connectivity index (χ0v) is 12.8. The molecular weight excluding hydrogens is 294 g/mol. The molecule has 2 amide bonds. The zero-order valence-electron chi connectivity index (χ0n) is 12.8. The van der Waals surface area contributed by atoms with E-state index < -0.39 is 24.0 Å². The molecule has 0 bridgehead atoms. The first-order valence-corrected chi connectivity index (χ1v) is 7.90. The van der Waals surface area contributed by atoms with Crippen LogP contribution < -0.4 is 5.32 Å². The van der Waals surface area contributed by atoms with Crippen LogP contribution in [0.1, 0.15) is 45.4 Å². The van der Waals surface area contributed by atoms with Crippen molar-refractivity contribution < 1.29 is 23.5 Å². The first-order chi connectivity index (χ1) is 10.3. The van der Waals surface area contributed by atoms with Gasteiger partial charge in [-0.25, -0.2) is 8.78 Å². The van der Waals surface area contributed by atoms with Crippen molar-refractivity contribution >= 4 is 12.3 Å². The van der Waals surface area contributed by atoms with Crippen molar-refractivity contribution in [1.82, 2.24) is 10.2 Å². The Morgan fingerprint density at radius 3 is 2.45 bits per heavy atom. The summed E-state index contributed by atoms with van der Waals surface area (Å²) in [5.74, 6) is -2.68. The van der Waals surface area contributed by atoms with Crippen molar-refractivity contribution in [3.63, 3.8) is 0 Å². The van der Waals surface area contributed by atoms with Gasteiger partial charge in [0.05, 0.1) is 6.04 Å². The fraction of sp³-hybridized carbons (Fsp3) is 0.867. The minimum Gasteiger partial charge on any atom is -0.381 e. The minimum atomic E-state index is -2.67. The SMILES string of the molecule is CC(C(O)C(=O)NCC1CC1)N(C=O)C1CCC(F)(F)CC1. The maximum absolute atomic E-state index is 13.2. The number of nitrogens with zero attached hydrogens (tertiary/aromatic N) is 1. The average molecular weight is 318 g/mol. The predicted octanol–water partition coefficient (Wildman–Crippen LogP) is 1.30. The molecular formula is C15H24F2N2O3. The molecule has 2 atom stereocenters. The van der Waals surface area contributed by atoms with E-state index in [1.165, 1.54) is 4.90 Å². The molecule has 0 spiro atoms. The van der Waals surface area contributed by atoms with E-state index in [2.05, 4.69) is 5.32 Å². The number of carbonyl (C=O) groups is 2. The van der Waals surface area contributed by atoms with Crippen molar-refractivity contribution in [2.24, 2.45) is 5.92 Å². The molecule has 22 heavy (non-hydrogen) atoms. The lowest BCUT2D eigenvalue weighted by atomic mass is 9.90. The molecule has 2 N–H and O–H groups in total. The molecule has 2 aliphatic carbocycles. The molecule has 2 rings (SSSR count). The van der Waals surface area contributed by atoms with Crippen LogP contribution in [0, 0.1) is 5.92 Å². The molecule has 0 aromatic carbocycles. The number of hydrogen-bond donors (Lipinski definition) is 2. The Balaban J connectivity index is 1.88. The predicted molar refractivity (Wildman–Crippen MR) is 76.3 cm³/mol. The number of carbonyl (C=O) groups excluding carboxylic acids is 2. The standard InChI is InChI=1S/C15H24F2N2O3/c1-10(13(21)14(22)18-8-11-2-3-11)19(9-20)12-4-6-15(16,17)7-5-12/h9-13,21H,2-8H2,1H3,(H,18,22). The van der Waals surface area contributed by atoms with Crippen LogP contribution in [0.2, 0.25) is 0 Å². The van der Waals surface area contributed by atoms with E-state index in [0.29, 0.717) is 18.9 Å². The summed E-state index contributed by atoms with van der Waals surface area (Å²) in [5.41, 5.74) is 0. The van der Waals surface area contributed by atoms with Gasteiger partial charge >= 0.3 is 0 Å². The van der Waals surface area contributed by atoms with Gasteiger partial charge in [0.25, 0.3) is 5.91 Å². The number of aliphatic hydroxyl groups excluding tert-OH is 1. The summed E-state index contributed by atoms with van der Waals surface area (Å²) >= 11 is 0. The molecule has 0 aromatic rings. The lowest BCUT2D eigenvalue weighted by Gasteiger charge is -2.39. The van der Waals surface area contributed by atoms with Gasteiger partial charge in [-0.05, 0) is 38.5 Å². The Hall–Kier alpha value is -1.24. The molecule has 7 heteroatoms. The summed E-state index contributed by atoms with van der Waals surface area (Å²) in [4.78, 5) is 24.5. The van der Waals surface area contributed by atoms with E-state index in [9.17, 15) is 23.5 Å². The molecule has 0 aromatic heterocycles. The molecule has 2 saturated carbocycles. The topological polar surface area (TPSA) is 69.6 Å². The van der Waals surface area contributed by atoms with E-state index in [0.717, 1.165) is 12.8 Å². The summed E-state index contributed by atoms with van der Waals surface area (Å²) in [6.07, 6.45) is 1.23. The maximum Gasteiger partial charge on any atom is 0.250 e. The van der Waals surface area contributed by atoms with Crippen LogP contribution in [0.25, 0.3) is 0 Å². The van der Waals surface area contributed by atoms with Crippen LogP contribution in [0.15, 0.2) is 0 Å².